The van der Waals surface area contributed by atoms with Crippen LogP contribution in [0.5, 0.6) is 0 Å². The van der Waals surface area contributed by atoms with E-state index >= 15 is 0 Å². The van der Waals surface area contributed by atoms with Gasteiger partial charge in [0.15, 0.2) is 0 Å². The van der Waals surface area contributed by atoms with Gasteiger partial charge >= 0.3 is 0 Å². The maximum atomic E-state index is 10.3. The number of aliphatic hydroxyl groups is 3. The number of fused-ring (bicyclic) bond motifs is 1. The Hall–Kier alpha value is -0.900. The van der Waals surface area contributed by atoms with Crippen LogP contribution < -0.4 is 0 Å². The van der Waals surface area contributed by atoms with Crippen molar-refractivity contribution in [3.63, 3.8) is 0 Å². The van der Waals surface area contributed by atoms with Crippen LogP contribution in [0.3, 0.4) is 0 Å². The van der Waals surface area contributed by atoms with Crippen LogP contribution in [0.4, 0.5) is 0 Å². The molecule has 6 atom stereocenters. The van der Waals surface area contributed by atoms with Crippen molar-refractivity contribution in [2.45, 2.75) is 116 Å². The first-order chi connectivity index (χ1) is 14.5. The molecule has 3 nitrogen and oxygen atoms in total. The van der Waals surface area contributed by atoms with Gasteiger partial charge in [-0.25, -0.2) is 0 Å². The van der Waals surface area contributed by atoms with E-state index < -0.39 is 11.7 Å². The number of hydrogen-bond acceptors (Lipinski definition) is 3. The normalized spacial score (nSPS) is 36.6. The minimum atomic E-state index is -0.801. The van der Waals surface area contributed by atoms with E-state index in [1.807, 2.05) is 0 Å². The predicted molar refractivity (Wildman–Crippen MR) is 129 cm³/mol. The third-order valence-electron chi connectivity index (χ3n) is 8.60. The molecule has 0 radical (unpaired) electrons. The van der Waals surface area contributed by atoms with Crippen molar-refractivity contribution in [3.05, 3.63) is 35.5 Å². The zero-order chi connectivity index (χ0) is 22.8. The molecule has 0 saturated heterocycles. The standard InChI is InChI=1S/C28H46O3/c1-19-8-12-23(29)17-22(19)11-10-21-7-6-16-28(5)25(14-15-26(21)28)20(2)9-13-24(30)18-27(3,4)31/h10-11,20,23-26,29-31H,1,6-9,12-18H2,2-5H3/b21-10+,22-11-/t20-,23+,24?,25-,26?,28?/m1/s1. The van der Waals surface area contributed by atoms with E-state index in [9.17, 15) is 15.3 Å². The van der Waals surface area contributed by atoms with Crippen molar-refractivity contribution < 1.29 is 15.3 Å². The first-order valence-electron chi connectivity index (χ1n) is 12.7. The highest BCUT2D eigenvalue weighted by Crippen LogP contribution is 2.60. The molecule has 0 amide bonds. The van der Waals surface area contributed by atoms with Gasteiger partial charge in [-0.1, -0.05) is 43.7 Å². The summed E-state index contributed by atoms with van der Waals surface area (Å²) in [5, 5.41) is 30.4. The van der Waals surface area contributed by atoms with E-state index in [4.69, 9.17) is 0 Å². The predicted octanol–water partition coefficient (Wildman–Crippen LogP) is 6.09. The van der Waals surface area contributed by atoms with Crippen LogP contribution in [-0.4, -0.2) is 33.1 Å². The van der Waals surface area contributed by atoms with Crippen LogP contribution in [-0.2, 0) is 0 Å². The van der Waals surface area contributed by atoms with Crippen molar-refractivity contribution in [2.75, 3.05) is 0 Å². The number of aliphatic hydroxyl groups excluding tert-OH is 2. The Morgan fingerprint density at radius 3 is 2.61 bits per heavy atom. The maximum Gasteiger partial charge on any atom is 0.0616 e. The van der Waals surface area contributed by atoms with E-state index in [-0.39, 0.29) is 6.10 Å². The second-order valence-electron chi connectivity index (χ2n) is 11.8. The third kappa shape index (κ3) is 6.12. The summed E-state index contributed by atoms with van der Waals surface area (Å²) in [4.78, 5) is 0. The SMILES string of the molecule is C=C1CC[C@H](O)C/C1=C/C=C1\CCCC2(C)C1CC[C@@H]2[C@H](C)CCC(O)CC(C)(C)O. The third-order valence-corrected chi connectivity index (χ3v) is 8.60. The van der Waals surface area contributed by atoms with E-state index in [1.54, 1.807) is 19.4 Å². The molecule has 0 aromatic carbocycles. The Morgan fingerprint density at radius 1 is 1.16 bits per heavy atom. The monoisotopic (exact) mass is 430 g/mol. The average Bonchev–Trinajstić information content (AvgIpc) is 3.03. The molecule has 0 bridgehead atoms. The lowest BCUT2D eigenvalue weighted by molar-refractivity contribution is 0.0106. The van der Waals surface area contributed by atoms with Crippen LogP contribution in [0.15, 0.2) is 35.5 Å². The zero-order valence-corrected chi connectivity index (χ0v) is 20.4. The number of rotatable bonds is 7. The van der Waals surface area contributed by atoms with Crippen LogP contribution in [0.2, 0.25) is 0 Å². The van der Waals surface area contributed by atoms with E-state index in [1.165, 1.54) is 43.3 Å². The molecule has 3 heteroatoms. The van der Waals surface area contributed by atoms with Crippen molar-refractivity contribution in [3.8, 4) is 0 Å². The molecule has 3 N–H and O–H groups in total. The lowest BCUT2D eigenvalue weighted by Crippen LogP contribution is -2.36. The molecule has 0 heterocycles. The van der Waals surface area contributed by atoms with Crippen LogP contribution in [0.25, 0.3) is 0 Å². The van der Waals surface area contributed by atoms with Crippen LogP contribution >= 0.6 is 0 Å². The lowest BCUT2D eigenvalue weighted by atomic mass is 9.60. The highest BCUT2D eigenvalue weighted by atomic mass is 16.3. The summed E-state index contributed by atoms with van der Waals surface area (Å²) in [6.45, 7) is 12.7. The Bertz CT molecular complexity index is 698. The molecule has 0 spiro atoms. The van der Waals surface area contributed by atoms with E-state index in [2.05, 4.69) is 32.6 Å². The highest BCUT2D eigenvalue weighted by molar-refractivity contribution is 5.36. The molecule has 31 heavy (non-hydrogen) atoms. The first kappa shape index (κ1) is 24.7. The van der Waals surface area contributed by atoms with Crippen molar-refractivity contribution in [1.29, 1.82) is 0 Å². The molecule has 3 aliphatic carbocycles. The smallest absolute Gasteiger partial charge is 0.0616 e. The summed E-state index contributed by atoms with van der Waals surface area (Å²) in [7, 11) is 0. The van der Waals surface area contributed by atoms with Gasteiger partial charge in [0.1, 0.15) is 0 Å². The summed E-state index contributed by atoms with van der Waals surface area (Å²) < 4.78 is 0. The van der Waals surface area contributed by atoms with Crippen molar-refractivity contribution in [1.82, 2.24) is 0 Å². The quantitative estimate of drug-likeness (QED) is 0.458. The number of hydrogen-bond donors (Lipinski definition) is 3. The fourth-order valence-corrected chi connectivity index (χ4v) is 6.94. The largest absolute Gasteiger partial charge is 0.393 e. The molecule has 0 aromatic rings. The van der Waals surface area contributed by atoms with Gasteiger partial charge in [0.2, 0.25) is 0 Å². The summed E-state index contributed by atoms with van der Waals surface area (Å²) in [5.41, 5.74) is 3.59. The summed E-state index contributed by atoms with van der Waals surface area (Å²) in [6.07, 6.45) is 15.1. The zero-order valence-electron chi connectivity index (χ0n) is 20.4. The fraction of sp³-hybridized carbons (Fsp3) is 0.786. The van der Waals surface area contributed by atoms with Gasteiger partial charge in [-0.05, 0) is 107 Å². The minimum absolute atomic E-state index is 0.213. The maximum absolute atomic E-state index is 10.3. The van der Waals surface area contributed by atoms with E-state index in [0.29, 0.717) is 29.6 Å². The second-order valence-corrected chi connectivity index (χ2v) is 11.8. The Labute approximate surface area is 190 Å². The summed E-state index contributed by atoms with van der Waals surface area (Å²) in [6, 6.07) is 0. The molecule has 3 aliphatic rings. The van der Waals surface area contributed by atoms with Gasteiger partial charge < -0.3 is 15.3 Å². The van der Waals surface area contributed by atoms with Gasteiger partial charge in [-0.3, -0.25) is 0 Å². The molecule has 3 saturated carbocycles. The molecule has 0 aliphatic heterocycles. The first-order valence-corrected chi connectivity index (χ1v) is 12.7. The Balaban J connectivity index is 1.65. The second kappa shape index (κ2) is 9.93. The highest BCUT2D eigenvalue weighted by Gasteiger charge is 2.50. The fourth-order valence-electron chi connectivity index (χ4n) is 6.94. The molecular weight excluding hydrogens is 384 g/mol. The van der Waals surface area contributed by atoms with Crippen molar-refractivity contribution >= 4 is 0 Å². The van der Waals surface area contributed by atoms with E-state index in [0.717, 1.165) is 32.1 Å². The van der Waals surface area contributed by atoms with Gasteiger partial charge in [0.25, 0.3) is 0 Å². The van der Waals surface area contributed by atoms with Gasteiger partial charge in [-0.2, -0.15) is 0 Å². The topological polar surface area (TPSA) is 60.7 Å². The molecule has 3 unspecified atom stereocenters. The van der Waals surface area contributed by atoms with Crippen LogP contribution in [0, 0.1) is 23.2 Å². The van der Waals surface area contributed by atoms with Crippen LogP contribution in [0.1, 0.15) is 98.3 Å². The molecule has 0 aromatic heterocycles. The van der Waals surface area contributed by atoms with Gasteiger partial charge in [0, 0.05) is 6.42 Å². The molecule has 176 valence electrons. The minimum Gasteiger partial charge on any atom is -0.393 e. The summed E-state index contributed by atoms with van der Waals surface area (Å²) >= 11 is 0. The lowest BCUT2D eigenvalue weighted by Gasteiger charge is -2.44. The molecule has 3 rings (SSSR count). The Morgan fingerprint density at radius 2 is 1.90 bits per heavy atom. The molecular formula is C28H46O3. The van der Waals surface area contributed by atoms with Gasteiger partial charge in [-0.15, -0.1) is 0 Å². The van der Waals surface area contributed by atoms with Crippen molar-refractivity contribution in [2.24, 2.45) is 23.2 Å². The number of allylic oxidation sites excluding steroid dienone is 4. The Kier molecular flexibility index (Phi) is 7.92. The summed E-state index contributed by atoms with van der Waals surface area (Å²) in [5.74, 6) is 1.96. The molecule has 3 fully saturated rings. The van der Waals surface area contributed by atoms with Gasteiger partial charge in [0.05, 0.1) is 17.8 Å². The average molecular weight is 431 g/mol.